The average Bonchev–Trinajstić information content (AvgIpc) is 3.12. The predicted molar refractivity (Wildman–Crippen MR) is 103 cm³/mol. The van der Waals surface area contributed by atoms with Crippen LogP contribution in [0, 0.1) is 13.8 Å². The van der Waals surface area contributed by atoms with Gasteiger partial charge in [0.2, 0.25) is 5.82 Å². The molecule has 2 aromatic heterocycles. The van der Waals surface area contributed by atoms with Crippen molar-refractivity contribution in [2.24, 2.45) is 0 Å². The van der Waals surface area contributed by atoms with Crippen molar-refractivity contribution in [3.8, 4) is 11.1 Å². The topological polar surface area (TPSA) is 72.2 Å². The highest BCUT2D eigenvalue weighted by Crippen LogP contribution is 2.21. The minimum Gasteiger partial charge on any atom is -0.345 e. The third-order valence-electron chi connectivity index (χ3n) is 4.36. The molecule has 0 aliphatic rings. The van der Waals surface area contributed by atoms with Gasteiger partial charge in [-0.05, 0) is 42.7 Å². The van der Waals surface area contributed by atoms with Crippen LogP contribution in [0.25, 0.3) is 16.9 Å². The molecule has 0 fully saturated rings. The first-order chi connectivity index (χ1) is 13.1. The monoisotopic (exact) mass is 357 g/mol. The van der Waals surface area contributed by atoms with Gasteiger partial charge in [-0.15, -0.1) is 5.10 Å². The number of carbonyl (C=O) groups excluding carboxylic acids is 1. The van der Waals surface area contributed by atoms with Crippen LogP contribution in [-0.4, -0.2) is 25.5 Å². The fraction of sp³-hybridized carbons (Fsp3) is 0.143. The first kappa shape index (κ1) is 16.9. The fourth-order valence-corrected chi connectivity index (χ4v) is 2.95. The third-order valence-corrected chi connectivity index (χ3v) is 4.36. The minimum atomic E-state index is -0.319. The number of aromatic nitrogens is 4. The van der Waals surface area contributed by atoms with Gasteiger partial charge >= 0.3 is 0 Å². The molecular weight excluding hydrogens is 338 g/mol. The molecule has 4 aromatic rings. The van der Waals surface area contributed by atoms with Crippen molar-refractivity contribution in [3.63, 3.8) is 0 Å². The van der Waals surface area contributed by atoms with Crippen LogP contribution < -0.4 is 5.32 Å². The predicted octanol–water partition coefficient (Wildman–Crippen LogP) is 3.34. The molecule has 0 unspecified atom stereocenters. The van der Waals surface area contributed by atoms with Crippen LogP contribution in [0.5, 0.6) is 0 Å². The summed E-state index contributed by atoms with van der Waals surface area (Å²) >= 11 is 0. The fourth-order valence-electron chi connectivity index (χ4n) is 2.95. The number of rotatable bonds is 4. The van der Waals surface area contributed by atoms with Crippen LogP contribution in [0.3, 0.4) is 0 Å². The summed E-state index contributed by atoms with van der Waals surface area (Å²) in [6.07, 6.45) is 1.65. The van der Waals surface area contributed by atoms with Gasteiger partial charge in [-0.3, -0.25) is 4.79 Å². The van der Waals surface area contributed by atoms with E-state index in [0.717, 1.165) is 22.4 Å². The zero-order chi connectivity index (χ0) is 18.8. The summed E-state index contributed by atoms with van der Waals surface area (Å²) in [7, 11) is 0. The van der Waals surface area contributed by atoms with Crippen LogP contribution >= 0.6 is 0 Å². The third kappa shape index (κ3) is 3.55. The Labute approximate surface area is 156 Å². The molecule has 1 N–H and O–H groups in total. The summed E-state index contributed by atoms with van der Waals surface area (Å²) in [5, 5.41) is 7.11. The van der Waals surface area contributed by atoms with Gasteiger partial charge < -0.3 is 5.32 Å². The van der Waals surface area contributed by atoms with Gasteiger partial charge in [-0.2, -0.15) is 4.98 Å². The van der Waals surface area contributed by atoms with E-state index in [2.05, 4.69) is 57.6 Å². The van der Waals surface area contributed by atoms with Gasteiger partial charge in [0.25, 0.3) is 11.7 Å². The second kappa shape index (κ2) is 6.99. The summed E-state index contributed by atoms with van der Waals surface area (Å²) < 4.78 is 1.56. The van der Waals surface area contributed by atoms with Gasteiger partial charge in [0, 0.05) is 18.4 Å². The molecule has 0 bridgehead atoms. The highest BCUT2D eigenvalue weighted by atomic mass is 16.2. The lowest BCUT2D eigenvalue weighted by atomic mass is 10.0. The van der Waals surface area contributed by atoms with Gasteiger partial charge in [0.05, 0.1) is 0 Å². The first-order valence-electron chi connectivity index (χ1n) is 8.73. The zero-order valence-electron chi connectivity index (χ0n) is 15.2. The molecular formula is C21H19N5O. The molecule has 0 atom stereocenters. The van der Waals surface area contributed by atoms with E-state index in [1.165, 1.54) is 5.56 Å². The molecule has 0 radical (unpaired) electrons. The normalized spacial score (nSPS) is 10.9. The molecule has 0 aliphatic carbocycles. The number of fused-ring (bicyclic) bond motifs is 1. The summed E-state index contributed by atoms with van der Waals surface area (Å²) in [6, 6.07) is 18.3. The van der Waals surface area contributed by atoms with E-state index in [9.17, 15) is 4.79 Å². The summed E-state index contributed by atoms with van der Waals surface area (Å²) in [6.45, 7) is 4.37. The zero-order valence-corrected chi connectivity index (χ0v) is 15.2. The molecule has 0 saturated heterocycles. The number of hydrogen-bond acceptors (Lipinski definition) is 4. The number of hydrogen-bond donors (Lipinski definition) is 1. The Bertz CT molecular complexity index is 1130. The highest BCUT2D eigenvalue weighted by molar-refractivity contribution is 5.90. The van der Waals surface area contributed by atoms with Gasteiger partial charge in [0.15, 0.2) is 0 Å². The number of carbonyl (C=O) groups is 1. The minimum absolute atomic E-state index is 0.117. The molecule has 0 aliphatic heterocycles. The molecule has 134 valence electrons. The van der Waals surface area contributed by atoms with E-state index in [0.29, 0.717) is 12.3 Å². The lowest BCUT2D eigenvalue weighted by molar-refractivity contribution is 0.0940. The Hall–Kier alpha value is -3.54. The van der Waals surface area contributed by atoms with Crippen molar-refractivity contribution in [2.75, 3.05) is 0 Å². The first-order valence-corrected chi connectivity index (χ1v) is 8.73. The summed E-state index contributed by atoms with van der Waals surface area (Å²) in [5.41, 5.74) is 5.38. The lowest BCUT2D eigenvalue weighted by Gasteiger charge is -2.07. The average molecular weight is 357 g/mol. The van der Waals surface area contributed by atoms with E-state index < -0.39 is 0 Å². The van der Waals surface area contributed by atoms with Gasteiger partial charge in [-0.1, -0.05) is 48.0 Å². The largest absolute Gasteiger partial charge is 0.345 e. The number of benzene rings is 2. The Balaban J connectivity index is 1.50. The lowest BCUT2D eigenvalue weighted by Crippen LogP contribution is -2.24. The maximum Gasteiger partial charge on any atom is 0.291 e. The van der Waals surface area contributed by atoms with Gasteiger partial charge in [0.1, 0.15) is 0 Å². The van der Waals surface area contributed by atoms with Crippen molar-refractivity contribution in [1.29, 1.82) is 0 Å². The summed E-state index contributed by atoms with van der Waals surface area (Å²) in [4.78, 5) is 20.7. The SMILES string of the molecule is Cc1cccc(-c2cccc(CNC(=O)c3nc4nccc(C)n4n3)c2)c1. The number of amides is 1. The van der Waals surface area contributed by atoms with Crippen molar-refractivity contribution < 1.29 is 4.79 Å². The van der Waals surface area contributed by atoms with Crippen molar-refractivity contribution in [3.05, 3.63) is 83.4 Å². The second-order valence-corrected chi connectivity index (χ2v) is 6.49. The molecule has 6 heteroatoms. The van der Waals surface area contributed by atoms with Crippen molar-refractivity contribution >= 4 is 11.7 Å². The van der Waals surface area contributed by atoms with Crippen LogP contribution in [0.15, 0.2) is 60.8 Å². The Morgan fingerprint density at radius 2 is 1.81 bits per heavy atom. The number of nitrogens with one attached hydrogen (secondary N) is 1. The molecule has 4 rings (SSSR count). The van der Waals surface area contributed by atoms with Crippen LogP contribution in [-0.2, 0) is 6.54 Å². The van der Waals surface area contributed by atoms with Crippen LogP contribution in [0.2, 0.25) is 0 Å². The number of nitrogens with zero attached hydrogens (tertiary/aromatic N) is 4. The Kier molecular flexibility index (Phi) is 4.38. The summed E-state index contributed by atoms with van der Waals surface area (Å²) in [5.74, 6) is 0.217. The molecule has 2 heterocycles. The second-order valence-electron chi connectivity index (χ2n) is 6.49. The smallest absolute Gasteiger partial charge is 0.291 e. The van der Waals surface area contributed by atoms with Crippen LogP contribution in [0.1, 0.15) is 27.4 Å². The molecule has 0 spiro atoms. The molecule has 6 nitrogen and oxygen atoms in total. The molecule has 2 aromatic carbocycles. The van der Waals surface area contributed by atoms with Crippen molar-refractivity contribution in [1.82, 2.24) is 24.9 Å². The van der Waals surface area contributed by atoms with E-state index in [1.807, 2.05) is 31.2 Å². The van der Waals surface area contributed by atoms with E-state index in [4.69, 9.17) is 0 Å². The van der Waals surface area contributed by atoms with E-state index in [1.54, 1.807) is 10.7 Å². The molecule has 27 heavy (non-hydrogen) atoms. The van der Waals surface area contributed by atoms with Crippen molar-refractivity contribution in [2.45, 2.75) is 20.4 Å². The molecule has 1 amide bonds. The Morgan fingerprint density at radius 1 is 1.04 bits per heavy atom. The van der Waals surface area contributed by atoms with E-state index in [-0.39, 0.29) is 11.7 Å². The maximum absolute atomic E-state index is 12.4. The van der Waals surface area contributed by atoms with Gasteiger partial charge in [-0.25, -0.2) is 9.50 Å². The number of aryl methyl sites for hydroxylation is 2. The van der Waals surface area contributed by atoms with Crippen LogP contribution in [0.4, 0.5) is 0 Å². The Morgan fingerprint density at radius 3 is 2.59 bits per heavy atom. The standard InChI is InChI=1S/C21H19N5O/c1-14-5-3-7-17(11-14)18-8-4-6-16(12-18)13-23-20(27)19-24-21-22-10-9-15(2)26(21)25-19/h3-12H,13H2,1-2H3,(H,23,27). The molecule has 0 saturated carbocycles. The maximum atomic E-state index is 12.4. The highest BCUT2D eigenvalue weighted by Gasteiger charge is 2.14. The van der Waals surface area contributed by atoms with E-state index >= 15 is 0 Å². The quantitative estimate of drug-likeness (QED) is 0.608.